The van der Waals surface area contributed by atoms with E-state index in [-0.39, 0.29) is 36.5 Å². The van der Waals surface area contributed by atoms with E-state index in [1.54, 1.807) is 0 Å². The van der Waals surface area contributed by atoms with Crippen LogP contribution in [0, 0.1) is 11.3 Å². The number of rotatable bonds is 8. The first-order valence-electron chi connectivity index (χ1n) is 12.9. The van der Waals surface area contributed by atoms with Crippen molar-refractivity contribution in [2.75, 3.05) is 13.1 Å². The standard InChI is InChI=1S/C28H31ClF3N5O2/c29-23-9-7-19(14-22(23)28(30,31)32)16-35-26(38)24(10-12-33)36-13-11-21(8-6-18-4-2-1-3-5-18)37-17-20(34)15-25(37)27(36)39/h1-5,7,9,14,20-21,24-25H,6,8,10-11,13,15-17,34H2,(H,35,38)/t20-,21?,24-,25+/m1/s1. The van der Waals surface area contributed by atoms with Crippen molar-refractivity contribution in [1.82, 2.24) is 15.1 Å². The normalized spacial score (nSPS) is 22.6. The molecule has 0 spiro atoms. The maximum absolute atomic E-state index is 13.7. The summed E-state index contributed by atoms with van der Waals surface area (Å²) >= 11 is 5.69. The summed E-state index contributed by atoms with van der Waals surface area (Å²) in [5.41, 5.74) is 6.65. The molecule has 2 heterocycles. The zero-order valence-electron chi connectivity index (χ0n) is 21.3. The molecular formula is C28H31ClF3N5O2. The molecule has 0 aliphatic carbocycles. The fourth-order valence-corrected chi connectivity index (χ4v) is 5.76. The predicted molar refractivity (Wildman–Crippen MR) is 140 cm³/mol. The van der Waals surface area contributed by atoms with Gasteiger partial charge in [-0.3, -0.25) is 14.5 Å². The number of nitrogens with one attached hydrogen (secondary N) is 1. The molecule has 208 valence electrons. The van der Waals surface area contributed by atoms with E-state index in [9.17, 15) is 28.0 Å². The molecule has 2 aliphatic rings. The molecule has 39 heavy (non-hydrogen) atoms. The monoisotopic (exact) mass is 561 g/mol. The molecule has 0 saturated carbocycles. The Kier molecular flexibility index (Phi) is 9.15. The van der Waals surface area contributed by atoms with Crippen LogP contribution in [-0.4, -0.2) is 58.9 Å². The number of carbonyl (C=O) groups excluding carboxylic acids is 2. The van der Waals surface area contributed by atoms with Gasteiger partial charge in [0.15, 0.2) is 0 Å². The third kappa shape index (κ3) is 6.90. The summed E-state index contributed by atoms with van der Waals surface area (Å²) in [6.45, 7) is 0.666. The SMILES string of the molecule is N#CC[C@H](C(=O)NCc1ccc(Cl)c(C(F)(F)F)c1)N1CCC(CCc2ccccc2)N2C[C@H](N)C[C@H]2C1=O. The number of hydrogen-bond donors (Lipinski definition) is 2. The van der Waals surface area contributed by atoms with Gasteiger partial charge in [0.1, 0.15) is 6.04 Å². The smallest absolute Gasteiger partial charge is 0.350 e. The highest BCUT2D eigenvalue weighted by molar-refractivity contribution is 6.31. The molecule has 11 heteroatoms. The van der Waals surface area contributed by atoms with Crippen LogP contribution in [0.2, 0.25) is 5.02 Å². The Morgan fingerprint density at radius 1 is 1.21 bits per heavy atom. The van der Waals surface area contributed by atoms with Crippen molar-refractivity contribution in [3.8, 4) is 6.07 Å². The first-order valence-corrected chi connectivity index (χ1v) is 13.3. The number of alkyl halides is 3. The van der Waals surface area contributed by atoms with Gasteiger partial charge in [-0.05, 0) is 48.9 Å². The predicted octanol–water partition coefficient (Wildman–Crippen LogP) is 3.89. The Morgan fingerprint density at radius 2 is 1.95 bits per heavy atom. The molecule has 2 amide bonds. The van der Waals surface area contributed by atoms with Gasteiger partial charge in [-0.25, -0.2) is 0 Å². The third-order valence-electron chi connectivity index (χ3n) is 7.49. The van der Waals surface area contributed by atoms with Crippen LogP contribution >= 0.6 is 11.6 Å². The minimum atomic E-state index is -4.63. The number of nitriles is 1. The maximum atomic E-state index is 13.7. The molecule has 1 unspecified atom stereocenters. The number of hydrogen-bond acceptors (Lipinski definition) is 5. The lowest BCUT2D eigenvalue weighted by molar-refractivity contribution is -0.142. The summed E-state index contributed by atoms with van der Waals surface area (Å²) < 4.78 is 39.7. The largest absolute Gasteiger partial charge is 0.417 e. The molecule has 2 aromatic carbocycles. The van der Waals surface area contributed by atoms with Crippen molar-refractivity contribution in [2.24, 2.45) is 5.73 Å². The zero-order chi connectivity index (χ0) is 28.2. The second-order valence-corrected chi connectivity index (χ2v) is 10.5. The second kappa shape index (κ2) is 12.4. The van der Waals surface area contributed by atoms with E-state index in [1.165, 1.54) is 16.5 Å². The Balaban J connectivity index is 1.48. The summed E-state index contributed by atoms with van der Waals surface area (Å²) in [5, 5.41) is 11.6. The Labute approximate surface area is 230 Å². The fourth-order valence-electron chi connectivity index (χ4n) is 5.53. The molecule has 0 radical (unpaired) electrons. The van der Waals surface area contributed by atoms with Gasteiger partial charge in [0.25, 0.3) is 0 Å². The van der Waals surface area contributed by atoms with Crippen LogP contribution in [0.25, 0.3) is 0 Å². The van der Waals surface area contributed by atoms with Gasteiger partial charge >= 0.3 is 6.18 Å². The maximum Gasteiger partial charge on any atom is 0.417 e. The number of halogens is 4. The van der Waals surface area contributed by atoms with E-state index in [4.69, 9.17) is 17.3 Å². The first-order chi connectivity index (χ1) is 18.6. The Morgan fingerprint density at radius 3 is 2.64 bits per heavy atom. The number of nitrogens with zero attached hydrogens (tertiary/aromatic N) is 3. The topological polar surface area (TPSA) is 102 Å². The van der Waals surface area contributed by atoms with Crippen molar-refractivity contribution >= 4 is 23.4 Å². The van der Waals surface area contributed by atoms with Gasteiger partial charge in [-0.2, -0.15) is 18.4 Å². The molecule has 3 N–H and O–H groups in total. The average molecular weight is 562 g/mol. The van der Waals surface area contributed by atoms with Gasteiger partial charge in [0.2, 0.25) is 11.8 Å². The van der Waals surface area contributed by atoms with Crippen LogP contribution in [0.1, 0.15) is 42.4 Å². The van der Waals surface area contributed by atoms with E-state index in [0.717, 1.165) is 25.0 Å². The van der Waals surface area contributed by atoms with E-state index in [1.807, 2.05) is 24.3 Å². The van der Waals surface area contributed by atoms with Crippen LogP contribution in [0.5, 0.6) is 0 Å². The van der Waals surface area contributed by atoms with E-state index in [2.05, 4.69) is 22.3 Å². The number of amides is 2. The van der Waals surface area contributed by atoms with Crippen molar-refractivity contribution in [1.29, 1.82) is 5.26 Å². The molecule has 0 bridgehead atoms. The van der Waals surface area contributed by atoms with Crippen LogP contribution in [0.4, 0.5) is 13.2 Å². The molecule has 2 saturated heterocycles. The number of nitrogens with two attached hydrogens (primary N) is 1. The highest BCUT2D eigenvalue weighted by Gasteiger charge is 2.45. The summed E-state index contributed by atoms with van der Waals surface area (Å²) in [6, 6.07) is 13.8. The first kappa shape index (κ1) is 28.9. The molecule has 7 nitrogen and oxygen atoms in total. The van der Waals surface area contributed by atoms with E-state index in [0.29, 0.717) is 25.9 Å². The summed E-state index contributed by atoms with van der Waals surface area (Å²) in [5.74, 6) is -0.837. The second-order valence-electron chi connectivity index (χ2n) is 10.1. The van der Waals surface area contributed by atoms with Crippen LogP contribution < -0.4 is 11.1 Å². The Bertz CT molecular complexity index is 1220. The third-order valence-corrected chi connectivity index (χ3v) is 7.82. The molecule has 2 aromatic rings. The minimum absolute atomic E-state index is 0.0818. The highest BCUT2D eigenvalue weighted by atomic mass is 35.5. The van der Waals surface area contributed by atoms with Gasteiger partial charge in [-0.15, -0.1) is 0 Å². The zero-order valence-corrected chi connectivity index (χ0v) is 22.1. The van der Waals surface area contributed by atoms with Crippen molar-refractivity contribution in [2.45, 2.75) is 69.0 Å². The van der Waals surface area contributed by atoms with Gasteiger partial charge < -0.3 is 16.0 Å². The Hall–Kier alpha value is -3.13. The number of benzene rings is 2. The quantitative estimate of drug-likeness (QED) is 0.509. The van der Waals surface area contributed by atoms with Crippen LogP contribution in [-0.2, 0) is 28.7 Å². The molecule has 0 aromatic heterocycles. The van der Waals surface area contributed by atoms with Crippen molar-refractivity contribution in [3.63, 3.8) is 0 Å². The van der Waals surface area contributed by atoms with Gasteiger partial charge in [-0.1, -0.05) is 48.0 Å². The van der Waals surface area contributed by atoms with Gasteiger partial charge in [0.05, 0.1) is 29.1 Å². The van der Waals surface area contributed by atoms with Crippen molar-refractivity contribution in [3.05, 3.63) is 70.2 Å². The minimum Gasteiger partial charge on any atom is -0.350 e. The van der Waals surface area contributed by atoms with E-state index < -0.39 is 34.8 Å². The lowest BCUT2D eigenvalue weighted by Crippen LogP contribution is -2.53. The highest BCUT2D eigenvalue weighted by Crippen LogP contribution is 2.35. The number of carbonyl (C=O) groups is 2. The molecule has 2 fully saturated rings. The summed E-state index contributed by atoms with van der Waals surface area (Å²) in [6.07, 6.45) is -2.14. The average Bonchev–Trinajstić information content (AvgIpc) is 3.24. The van der Waals surface area contributed by atoms with Crippen LogP contribution in [0.15, 0.2) is 48.5 Å². The summed E-state index contributed by atoms with van der Waals surface area (Å²) in [4.78, 5) is 30.5. The lowest BCUT2D eigenvalue weighted by atomic mass is 10.0. The van der Waals surface area contributed by atoms with E-state index >= 15 is 0 Å². The number of fused-ring (bicyclic) bond motifs is 1. The fraction of sp³-hybridized carbons (Fsp3) is 0.464. The van der Waals surface area contributed by atoms with Gasteiger partial charge in [0, 0.05) is 31.7 Å². The molecule has 4 rings (SSSR count). The van der Waals surface area contributed by atoms with Crippen molar-refractivity contribution < 1.29 is 22.8 Å². The number of aryl methyl sites for hydroxylation is 1. The molecule has 2 aliphatic heterocycles. The molecule has 4 atom stereocenters. The summed E-state index contributed by atoms with van der Waals surface area (Å²) in [7, 11) is 0. The van der Waals surface area contributed by atoms with Crippen LogP contribution in [0.3, 0.4) is 0 Å². The molecular weight excluding hydrogens is 531 g/mol. The lowest BCUT2D eigenvalue weighted by Gasteiger charge is -2.31.